The van der Waals surface area contributed by atoms with E-state index in [1.54, 1.807) is 0 Å². The van der Waals surface area contributed by atoms with Crippen molar-refractivity contribution in [2.75, 3.05) is 38.1 Å². The van der Waals surface area contributed by atoms with Crippen LogP contribution in [0, 0.1) is 0 Å². The molecule has 0 radical (unpaired) electrons. The Balaban J connectivity index is 1.53. The van der Waals surface area contributed by atoms with Crippen LogP contribution in [0.3, 0.4) is 0 Å². The number of likely N-dealkylation sites (N-methyl/N-ethyl adjacent to an activating group) is 1. The molecule has 25 heavy (non-hydrogen) atoms. The second-order valence-electron chi connectivity index (χ2n) is 7.20. The van der Waals surface area contributed by atoms with Gasteiger partial charge in [0.15, 0.2) is 0 Å². The largest absolute Gasteiger partial charge is 0.487 e. The summed E-state index contributed by atoms with van der Waals surface area (Å²) in [4.78, 5) is 9.20. The van der Waals surface area contributed by atoms with Crippen LogP contribution in [-0.4, -0.2) is 49.2 Å². The summed E-state index contributed by atoms with van der Waals surface area (Å²) in [5.74, 6) is 0.885. The zero-order chi connectivity index (χ0) is 17.2. The average Bonchev–Trinajstić information content (AvgIpc) is 3.09. The lowest BCUT2D eigenvalue weighted by atomic mass is 9.97. The third-order valence-electron chi connectivity index (χ3n) is 5.46. The number of anilines is 1. The highest BCUT2D eigenvalue weighted by Gasteiger charge is 2.22. The molecule has 0 saturated carbocycles. The fourth-order valence-corrected chi connectivity index (χ4v) is 3.98. The van der Waals surface area contributed by atoms with Gasteiger partial charge in [-0.1, -0.05) is 13.0 Å². The Morgan fingerprint density at radius 3 is 2.92 bits per heavy atom. The molecule has 0 unspecified atom stereocenters. The minimum Gasteiger partial charge on any atom is -0.487 e. The number of fused-ring (bicyclic) bond motifs is 1. The first-order valence-electron chi connectivity index (χ1n) is 9.41. The number of benzene rings is 1. The van der Waals surface area contributed by atoms with E-state index in [0.717, 1.165) is 50.3 Å². The van der Waals surface area contributed by atoms with Crippen molar-refractivity contribution in [3.63, 3.8) is 0 Å². The summed E-state index contributed by atoms with van der Waals surface area (Å²) in [6.45, 7) is 6.60. The molecule has 0 N–H and O–H groups in total. The van der Waals surface area contributed by atoms with Crippen LogP contribution in [0.4, 0.5) is 5.69 Å². The number of hydrogen-bond donors (Lipinski definition) is 0. The third-order valence-corrected chi connectivity index (χ3v) is 5.46. The molecule has 0 aliphatic carbocycles. The molecule has 1 atom stereocenters. The molecule has 1 fully saturated rings. The van der Waals surface area contributed by atoms with Crippen molar-refractivity contribution in [2.24, 2.45) is 0 Å². The molecule has 4 heteroatoms. The highest BCUT2D eigenvalue weighted by Crippen LogP contribution is 2.32. The van der Waals surface area contributed by atoms with Crippen molar-refractivity contribution < 1.29 is 4.74 Å². The quantitative estimate of drug-likeness (QED) is 0.852. The molecule has 2 aliphatic rings. The van der Waals surface area contributed by atoms with Crippen molar-refractivity contribution >= 4 is 5.69 Å². The number of hydrogen-bond acceptors (Lipinski definition) is 4. The van der Waals surface area contributed by atoms with Gasteiger partial charge >= 0.3 is 0 Å². The fourth-order valence-electron chi connectivity index (χ4n) is 3.98. The van der Waals surface area contributed by atoms with Crippen LogP contribution in [-0.2, 0) is 6.42 Å². The maximum Gasteiger partial charge on any atom is 0.138 e. The summed E-state index contributed by atoms with van der Waals surface area (Å²) in [5, 5.41) is 0. The standard InChI is InChI=1S/C21H27N3O/c1-3-24-10-8-19(15-24)25-20-12-18(13-22-14-20)16-6-7-21-17(11-16)5-4-9-23(21)2/h6-7,11-14,19H,3-5,8-10,15H2,1-2H3/t19-/m0/s1. The summed E-state index contributed by atoms with van der Waals surface area (Å²) < 4.78 is 6.19. The molecule has 2 aliphatic heterocycles. The lowest BCUT2D eigenvalue weighted by molar-refractivity contribution is 0.202. The lowest BCUT2D eigenvalue weighted by Gasteiger charge is -2.27. The van der Waals surface area contributed by atoms with Crippen LogP contribution in [0.25, 0.3) is 11.1 Å². The highest BCUT2D eigenvalue weighted by molar-refractivity contribution is 5.69. The number of nitrogens with zero attached hydrogens (tertiary/aromatic N) is 3. The Labute approximate surface area is 150 Å². The summed E-state index contributed by atoms with van der Waals surface area (Å²) in [6, 6.07) is 8.90. The molecule has 0 bridgehead atoms. The third kappa shape index (κ3) is 3.49. The van der Waals surface area contributed by atoms with Gasteiger partial charge in [-0.15, -0.1) is 0 Å². The molecule has 0 amide bonds. The number of aryl methyl sites for hydroxylation is 1. The average molecular weight is 337 g/mol. The van der Waals surface area contributed by atoms with E-state index >= 15 is 0 Å². The van der Waals surface area contributed by atoms with E-state index in [9.17, 15) is 0 Å². The van der Waals surface area contributed by atoms with E-state index in [4.69, 9.17) is 4.74 Å². The van der Waals surface area contributed by atoms with E-state index in [1.807, 2.05) is 12.4 Å². The molecule has 4 nitrogen and oxygen atoms in total. The van der Waals surface area contributed by atoms with E-state index in [1.165, 1.54) is 23.2 Å². The Kier molecular flexibility index (Phi) is 4.62. The van der Waals surface area contributed by atoms with Crippen molar-refractivity contribution in [2.45, 2.75) is 32.3 Å². The Morgan fingerprint density at radius 1 is 1.16 bits per heavy atom. The minimum atomic E-state index is 0.286. The number of ether oxygens (including phenoxy) is 1. The molecule has 1 aromatic carbocycles. The molecule has 1 aromatic heterocycles. The van der Waals surface area contributed by atoms with Gasteiger partial charge in [-0.3, -0.25) is 9.88 Å². The lowest BCUT2D eigenvalue weighted by Crippen LogP contribution is -2.24. The molecule has 3 heterocycles. The summed E-state index contributed by atoms with van der Waals surface area (Å²) in [6.07, 6.45) is 7.55. The molecule has 132 valence electrons. The maximum absolute atomic E-state index is 6.19. The highest BCUT2D eigenvalue weighted by atomic mass is 16.5. The molecule has 2 aromatic rings. The molecule has 4 rings (SSSR count). The van der Waals surface area contributed by atoms with Crippen LogP contribution in [0.15, 0.2) is 36.7 Å². The van der Waals surface area contributed by atoms with Crippen LogP contribution in [0.5, 0.6) is 5.75 Å². The maximum atomic E-state index is 6.19. The van der Waals surface area contributed by atoms with Crippen LogP contribution < -0.4 is 9.64 Å². The molecule has 0 spiro atoms. The summed E-state index contributed by atoms with van der Waals surface area (Å²) in [5.41, 5.74) is 5.17. The van der Waals surface area contributed by atoms with Gasteiger partial charge in [0.05, 0.1) is 6.20 Å². The number of aromatic nitrogens is 1. The van der Waals surface area contributed by atoms with Crippen molar-refractivity contribution in [3.05, 3.63) is 42.2 Å². The monoisotopic (exact) mass is 337 g/mol. The SMILES string of the molecule is CCN1CC[C@H](Oc2cncc(-c3ccc4c(c3)CCCN4C)c2)C1. The zero-order valence-electron chi connectivity index (χ0n) is 15.2. The predicted molar refractivity (Wildman–Crippen MR) is 102 cm³/mol. The van der Waals surface area contributed by atoms with Gasteiger partial charge in [0.25, 0.3) is 0 Å². The Morgan fingerprint density at radius 2 is 2.08 bits per heavy atom. The predicted octanol–water partition coefficient (Wildman–Crippen LogP) is 3.60. The first kappa shape index (κ1) is 16.4. The van der Waals surface area contributed by atoms with E-state index in [0.29, 0.717) is 0 Å². The second kappa shape index (κ2) is 7.04. The van der Waals surface area contributed by atoms with E-state index in [2.05, 4.69) is 53.0 Å². The first-order chi connectivity index (χ1) is 12.2. The fraction of sp³-hybridized carbons (Fsp3) is 0.476. The van der Waals surface area contributed by atoms with Gasteiger partial charge in [0.1, 0.15) is 11.9 Å². The number of rotatable bonds is 4. The molecular weight excluding hydrogens is 310 g/mol. The van der Waals surface area contributed by atoms with Gasteiger partial charge in [0.2, 0.25) is 0 Å². The Hall–Kier alpha value is -2.07. The van der Waals surface area contributed by atoms with E-state index in [-0.39, 0.29) is 6.10 Å². The van der Waals surface area contributed by atoms with Crippen LogP contribution in [0.1, 0.15) is 25.3 Å². The van der Waals surface area contributed by atoms with E-state index < -0.39 is 0 Å². The normalized spacial score (nSPS) is 20.6. The van der Waals surface area contributed by atoms with Gasteiger partial charge in [0, 0.05) is 44.1 Å². The number of pyridine rings is 1. The summed E-state index contributed by atoms with van der Waals surface area (Å²) in [7, 11) is 2.18. The van der Waals surface area contributed by atoms with Gasteiger partial charge < -0.3 is 9.64 Å². The van der Waals surface area contributed by atoms with Gasteiger partial charge in [-0.05, 0) is 55.1 Å². The second-order valence-corrected chi connectivity index (χ2v) is 7.20. The summed E-state index contributed by atoms with van der Waals surface area (Å²) >= 11 is 0. The first-order valence-corrected chi connectivity index (χ1v) is 9.41. The van der Waals surface area contributed by atoms with Crippen molar-refractivity contribution in [1.82, 2.24) is 9.88 Å². The van der Waals surface area contributed by atoms with Crippen molar-refractivity contribution in [3.8, 4) is 16.9 Å². The zero-order valence-corrected chi connectivity index (χ0v) is 15.2. The topological polar surface area (TPSA) is 28.6 Å². The van der Waals surface area contributed by atoms with Crippen LogP contribution in [0.2, 0.25) is 0 Å². The minimum absolute atomic E-state index is 0.286. The van der Waals surface area contributed by atoms with Gasteiger partial charge in [-0.2, -0.15) is 0 Å². The molecule has 1 saturated heterocycles. The smallest absolute Gasteiger partial charge is 0.138 e. The van der Waals surface area contributed by atoms with Crippen molar-refractivity contribution in [1.29, 1.82) is 0 Å². The van der Waals surface area contributed by atoms with Gasteiger partial charge in [-0.25, -0.2) is 0 Å². The molecular formula is C21H27N3O. The number of likely N-dealkylation sites (tertiary alicyclic amines) is 1. The van der Waals surface area contributed by atoms with Crippen LogP contribution >= 0.6 is 0 Å². The Bertz CT molecular complexity index is 746.